The SMILES string of the molecule is CN1CCCC[C@@H]1C#CC1=CCCCC1. The zero-order chi connectivity index (χ0) is 10.5. The predicted molar refractivity (Wildman–Crippen MR) is 64.6 cm³/mol. The van der Waals surface area contributed by atoms with Crippen LogP contribution in [0.15, 0.2) is 11.6 Å². The van der Waals surface area contributed by atoms with E-state index in [1.807, 2.05) is 0 Å². The molecule has 0 amide bonds. The largest absolute Gasteiger partial charge is 0.293 e. The van der Waals surface area contributed by atoms with Crippen molar-refractivity contribution < 1.29 is 0 Å². The molecule has 0 N–H and O–H groups in total. The Morgan fingerprint density at radius 2 is 2.20 bits per heavy atom. The molecule has 2 rings (SSSR count). The van der Waals surface area contributed by atoms with Crippen molar-refractivity contribution in [3.8, 4) is 11.8 Å². The standard InChI is InChI=1S/C14H21N/c1-15-12-6-5-9-14(15)11-10-13-7-3-2-4-8-13/h7,14H,2-6,8-9,12H2,1H3/t14-/m1/s1. The lowest BCUT2D eigenvalue weighted by atomic mass is 9.98. The van der Waals surface area contributed by atoms with Crippen LogP contribution in [0.25, 0.3) is 0 Å². The van der Waals surface area contributed by atoms with Crippen molar-refractivity contribution in [3.63, 3.8) is 0 Å². The number of rotatable bonds is 0. The third-order valence-electron chi connectivity index (χ3n) is 3.46. The molecule has 1 aliphatic carbocycles. The van der Waals surface area contributed by atoms with Gasteiger partial charge in [-0.3, -0.25) is 4.90 Å². The molecular weight excluding hydrogens is 182 g/mol. The lowest BCUT2D eigenvalue weighted by Crippen LogP contribution is -2.34. The average molecular weight is 203 g/mol. The number of hydrogen-bond acceptors (Lipinski definition) is 1. The second-order valence-corrected chi connectivity index (χ2v) is 4.74. The molecular formula is C14H21N. The van der Waals surface area contributed by atoms with Gasteiger partial charge < -0.3 is 0 Å². The summed E-state index contributed by atoms with van der Waals surface area (Å²) in [5.74, 6) is 6.84. The molecule has 1 fully saturated rings. The van der Waals surface area contributed by atoms with Crippen LogP contribution in [0.5, 0.6) is 0 Å². The Kier molecular flexibility index (Phi) is 3.86. The zero-order valence-corrected chi connectivity index (χ0v) is 9.76. The summed E-state index contributed by atoms with van der Waals surface area (Å²) >= 11 is 0. The summed E-state index contributed by atoms with van der Waals surface area (Å²) < 4.78 is 0. The van der Waals surface area contributed by atoms with Crippen LogP contribution in [0.4, 0.5) is 0 Å². The normalized spacial score (nSPS) is 27.8. The molecule has 0 unspecified atom stereocenters. The maximum absolute atomic E-state index is 3.45. The molecule has 0 aromatic heterocycles. The van der Waals surface area contributed by atoms with E-state index in [2.05, 4.69) is 29.9 Å². The van der Waals surface area contributed by atoms with E-state index in [0.29, 0.717) is 6.04 Å². The monoisotopic (exact) mass is 203 g/mol. The highest BCUT2D eigenvalue weighted by atomic mass is 15.1. The fourth-order valence-electron chi connectivity index (χ4n) is 2.39. The molecule has 0 radical (unpaired) electrons. The van der Waals surface area contributed by atoms with Crippen molar-refractivity contribution in [2.45, 2.75) is 51.0 Å². The first-order valence-corrected chi connectivity index (χ1v) is 6.27. The molecule has 0 bridgehead atoms. The van der Waals surface area contributed by atoms with Crippen LogP contribution in [0.2, 0.25) is 0 Å². The second-order valence-electron chi connectivity index (χ2n) is 4.74. The van der Waals surface area contributed by atoms with Gasteiger partial charge in [0.2, 0.25) is 0 Å². The van der Waals surface area contributed by atoms with E-state index in [0.717, 1.165) is 0 Å². The van der Waals surface area contributed by atoms with Crippen LogP contribution >= 0.6 is 0 Å². The van der Waals surface area contributed by atoms with Crippen molar-refractivity contribution in [3.05, 3.63) is 11.6 Å². The number of hydrogen-bond donors (Lipinski definition) is 0. The summed E-state index contributed by atoms with van der Waals surface area (Å²) in [7, 11) is 2.20. The summed E-state index contributed by atoms with van der Waals surface area (Å²) in [6.45, 7) is 1.22. The number of likely N-dealkylation sites (tertiary alicyclic amines) is 1. The molecule has 1 aliphatic heterocycles. The fraction of sp³-hybridized carbons (Fsp3) is 0.714. The van der Waals surface area contributed by atoms with Gasteiger partial charge in [-0.25, -0.2) is 0 Å². The number of allylic oxidation sites excluding steroid dienone is 2. The lowest BCUT2D eigenvalue weighted by Gasteiger charge is -2.28. The highest BCUT2D eigenvalue weighted by Gasteiger charge is 2.15. The molecule has 0 aromatic rings. The molecule has 2 aliphatic rings. The molecule has 0 spiro atoms. The maximum atomic E-state index is 3.45. The molecule has 1 heterocycles. The molecule has 1 heteroatoms. The third-order valence-corrected chi connectivity index (χ3v) is 3.46. The van der Waals surface area contributed by atoms with Crippen LogP contribution < -0.4 is 0 Å². The Bertz CT molecular complexity index is 292. The molecule has 82 valence electrons. The van der Waals surface area contributed by atoms with Crippen LogP contribution in [-0.4, -0.2) is 24.5 Å². The Labute approximate surface area is 93.5 Å². The van der Waals surface area contributed by atoms with E-state index >= 15 is 0 Å². The molecule has 1 atom stereocenters. The minimum Gasteiger partial charge on any atom is -0.293 e. The van der Waals surface area contributed by atoms with Gasteiger partial charge in [-0.15, -0.1) is 0 Å². The Morgan fingerprint density at radius 1 is 1.27 bits per heavy atom. The quantitative estimate of drug-likeness (QED) is 0.547. The van der Waals surface area contributed by atoms with Gasteiger partial charge >= 0.3 is 0 Å². The van der Waals surface area contributed by atoms with Gasteiger partial charge in [0, 0.05) is 0 Å². The summed E-state index contributed by atoms with van der Waals surface area (Å²) in [5, 5.41) is 0. The van der Waals surface area contributed by atoms with E-state index in [1.54, 1.807) is 0 Å². The minimum atomic E-state index is 0.515. The van der Waals surface area contributed by atoms with E-state index < -0.39 is 0 Å². The molecule has 1 nitrogen and oxygen atoms in total. The van der Waals surface area contributed by atoms with Gasteiger partial charge in [0.25, 0.3) is 0 Å². The fourth-order valence-corrected chi connectivity index (χ4v) is 2.39. The molecule has 1 saturated heterocycles. The summed E-state index contributed by atoms with van der Waals surface area (Å²) in [6, 6.07) is 0.515. The molecule has 15 heavy (non-hydrogen) atoms. The molecule has 0 aromatic carbocycles. The van der Waals surface area contributed by atoms with Crippen molar-refractivity contribution in [2.24, 2.45) is 0 Å². The molecule has 0 saturated carbocycles. The van der Waals surface area contributed by atoms with Crippen molar-refractivity contribution in [1.29, 1.82) is 0 Å². The van der Waals surface area contributed by atoms with Crippen LogP contribution in [0, 0.1) is 11.8 Å². The second kappa shape index (κ2) is 5.37. The highest BCUT2D eigenvalue weighted by Crippen LogP contribution is 2.17. The Hall–Kier alpha value is -0.740. The van der Waals surface area contributed by atoms with Crippen molar-refractivity contribution >= 4 is 0 Å². The number of nitrogens with zero attached hydrogens (tertiary/aromatic N) is 1. The van der Waals surface area contributed by atoms with E-state index in [9.17, 15) is 0 Å². The van der Waals surface area contributed by atoms with Gasteiger partial charge in [-0.05, 0) is 64.1 Å². The minimum absolute atomic E-state index is 0.515. The third kappa shape index (κ3) is 3.11. The Morgan fingerprint density at radius 3 is 2.93 bits per heavy atom. The summed E-state index contributed by atoms with van der Waals surface area (Å²) in [4.78, 5) is 2.40. The lowest BCUT2D eigenvalue weighted by molar-refractivity contribution is 0.229. The van der Waals surface area contributed by atoms with Gasteiger partial charge in [0.1, 0.15) is 0 Å². The predicted octanol–water partition coefficient (Wildman–Crippen LogP) is 2.97. The maximum Gasteiger partial charge on any atom is 0.0715 e. The van der Waals surface area contributed by atoms with Crippen LogP contribution in [-0.2, 0) is 0 Å². The van der Waals surface area contributed by atoms with Crippen molar-refractivity contribution in [1.82, 2.24) is 4.90 Å². The highest BCUT2D eigenvalue weighted by molar-refractivity contribution is 5.31. The topological polar surface area (TPSA) is 3.24 Å². The van der Waals surface area contributed by atoms with E-state index in [4.69, 9.17) is 0 Å². The van der Waals surface area contributed by atoms with Gasteiger partial charge in [0.15, 0.2) is 0 Å². The average Bonchev–Trinajstić information content (AvgIpc) is 2.29. The number of piperidine rings is 1. The Balaban J connectivity index is 1.94. The summed E-state index contributed by atoms with van der Waals surface area (Å²) in [6.07, 6.45) is 11.4. The van der Waals surface area contributed by atoms with Crippen LogP contribution in [0.3, 0.4) is 0 Å². The zero-order valence-electron chi connectivity index (χ0n) is 9.76. The van der Waals surface area contributed by atoms with Gasteiger partial charge in [0.05, 0.1) is 6.04 Å². The van der Waals surface area contributed by atoms with E-state index in [1.165, 1.54) is 57.1 Å². The first kappa shape index (κ1) is 10.8. The smallest absolute Gasteiger partial charge is 0.0715 e. The van der Waals surface area contributed by atoms with Crippen LogP contribution in [0.1, 0.15) is 44.9 Å². The van der Waals surface area contributed by atoms with Gasteiger partial charge in [-0.2, -0.15) is 0 Å². The van der Waals surface area contributed by atoms with Gasteiger partial charge in [-0.1, -0.05) is 17.9 Å². The van der Waals surface area contributed by atoms with Crippen molar-refractivity contribution in [2.75, 3.05) is 13.6 Å². The van der Waals surface area contributed by atoms with E-state index in [-0.39, 0.29) is 0 Å². The first-order valence-electron chi connectivity index (χ1n) is 6.27. The summed E-state index contributed by atoms with van der Waals surface area (Å²) in [5.41, 5.74) is 1.39. The first-order chi connectivity index (χ1) is 7.36.